The van der Waals surface area contributed by atoms with Crippen molar-refractivity contribution in [2.45, 2.75) is 25.4 Å². The Morgan fingerprint density at radius 3 is 2.54 bits per heavy atom. The molecule has 4 rings (SSSR count). The summed E-state index contributed by atoms with van der Waals surface area (Å²) in [6, 6.07) is 16.1. The summed E-state index contributed by atoms with van der Waals surface area (Å²) in [5, 5.41) is 14.1. The number of hydrogen-bond acceptors (Lipinski definition) is 3. The zero-order valence-corrected chi connectivity index (χ0v) is 13.6. The smallest absolute Gasteiger partial charge is 0.129 e. The number of aliphatic hydroxyl groups is 1. The van der Waals surface area contributed by atoms with E-state index in [1.165, 1.54) is 10.9 Å². The number of nitrogens with one attached hydrogen (secondary N) is 2. The molecule has 3 N–H and O–H groups in total. The Kier molecular flexibility index (Phi) is 4.24. The van der Waals surface area contributed by atoms with Crippen LogP contribution in [0.25, 0.3) is 10.9 Å². The largest absolute Gasteiger partial charge is 0.457 e. The highest BCUT2D eigenvalue weighted by Crippen LogP contribution is 2.36. The van der Waals surface area contributed by atoms with E-state index in [1.54, 1.807) is 0 Å². The number of aromatic nitrogens is 1. The number of fused-ring (bicyclic) bond motifs is 1. The van der Waals surface area contributed by atoms with Crippen LogP contribution in [0.4, 0.5) is 0 Å². The van der Waals surface area contributed by atoms with E-state index < -0.39 is 0 Å². The second-order valence-electron chi connectivity index (χ2n) is 6.37. The number of rotatable bonds is 4. The number of piperidine rings is 1. The zero-order chi connectivity index (χ0) is 16.4. The first kappa shape index (κ1) is 15.2. The minimum atomic E-state index is 0.0230. The highest BCUT2D eigenvalue weighted by atomic mass is 16.5. The van der Waals surface area contributed by atoms with Crippen LogP contribution in [0.15, 0.2) is 48.5 Å². The van der Waals surface area contributed by atoms with Gasteiger partial charge in [0.25, 0.3) is 0 Å². The molecule has 1 aliphatic heterocycles. The van der Waals surface area contributed by atoms with Crippen molar-refractivity contribution in [3.63, 3.8) is 0 Å². The van der Waals surface area contributed by atoms with Crippen LogP contribution in [0, 0.1) is 0 Å². The number of H-pyrrole nitrogens is 1. The number of aromatic amines is 1. The Morgan fingerprint density at radius 2 is 1.79 bits per heavy atom. The summed E-state index contributed by atoms with van der Waals surface area (Å²) >= 11 is 0. The number of para-hydroxylation sites is 1. The molecule has 0 radical (unpaired) electrons. The molecule has 0 bridgehead atoms. The summed E-state index contributed by atoms with van der Waals surface area (Å²) < 4.78 is 6.06. The van der Waals surface area contributed by atoms with Crippen molar-refractivity contribution < 1.29 is 9.84 Å². The standard InChI is InChI=1S/C20H22N2O2/c23-13-15-10-19-18(14-6-8-21-9-7-14)11-17(12-20(19)22-15)24-16-4-2-1-3-5-16/h1-5,10-12,14,21-23H,6-9,13H2. The molecule has 4 nitrogen and oxygen atoms in total. The molecule has 124 valence electrons. The van der Waals surface area contributed by atoms with Gasteiger partial charge < -0.3 is 20.1 Å². The van der Waals surface area contributed by atoms with Gasteiger partial charge in [-0.05, 0) is 61.7 Å². The third kappa shape index (κ3) is 3.03. The SMILES string of the molecule is OCc1cc2c(C3CCNCC3)cc(Oc3ccccc3)cc2[nH]1. The second-order valence-corrected chi connectivity index (χ2v) is 6.37. The Hall–Kier alpha value is -2.30. The second kappa shape index (κ2) is 6.67. The third-order valence-electron chi connectivity index (χ3n) is 4.73. The maximum Gasteiger partial charge on any atom is 0.129 e. The average molecular weight is 322 g/mol. The molecule has 0 atom stereocenters. The van der Waals surface area contributed by atoms with Crippen molar-refractivity contribution in [3.05, 3.63) is 59.8 Å². The maximum atomic E-state index is 9.47. The number of hydrogen-bond donors (Lipinski definition) is 3. The molecule has 1 aromatic heterocycles. The molecule has 3 aromatic rings. The fourth-order valence-electron chi connectivity index (χ4n) is 3.54. The minimum absolute atomic E-state index is 0.0230. The Morgan fingerprint density at radius 1 is 1.00 bits per heavy atom. The van der Waals surface area contributed by atoms with Crippen molar-refractivity contribution in [2.75, 3.05) is 13.1 Å². The van der Waals surface area contributed by atoms with E-state index in [4.69, 9.17) is 4.74 Å². The van der Waals surface area contributed by atoms with Gasteiger partial charge >= 0.3 is 0 Å². The van der Waals surface area contributed by atoms with Gasteiger partial charge in [-0.3, -0.25) is 0 Å². The summed E-state index contributed by atoms with van der Waals surface area (Å²) in [4.78, 5) is 3.31. The number of benzene rings is 2. The van der Waals surface area contributed by atoms with Gasteiger partial charge in [-0.15, -0.1) is 0 Å². The first-order valence-corrected chi connectivity index (χ1v) is 8.53. The van der Waals surface area contributed by atoms with Crippen LogP contribution in [-0.4, -0.2) is 23.2 Å². The van der Waals surface area contributed by atoms with E-state index in [1.807, 2.05) is 36.4 Å². The Balaban J connectivity index is 1.77. The van der Waals surface area contributed by atoms with Gasteiger partial charge in [-0.1, -0.05) is 18.2 Å². The Bertz CT molecular complexity index is 820. The van der Waals surface area contributed by atoms with Gasteiger partial charge in [0.1, 0.15) is 11.5 Å². The molecule has 4 heteroatoms. The summed E-state index contributed by atoms with van der Waals surface area (Å²) in [5.41, 5.74) is 3.19. The molecule has 0 aliphatic carbocycles. The van der Waals surface area contributed by atoms with Crippen LogP contribution in [-0.2, 0) is 6.61 Å². The van der Waals surface area contributed by atoms with Crippen LogP contribution in [0.3, 0.4) is 0 Å². The van der Waals surface area contributed by atoms with Gasteiger partial charge in [0.05, 0.1) is 6.61 Å². The molecule has 1 aliphatic rings. The zero-order valence-electron chi connectivity index (χ0n) is 13.6. The van der Waals surface area contributed by atoms with E-state index in [9.17, 15) is 5.11 Å². The number of aliphatic hydroxyl groups excluding tert-OH is 1. The summed E-state index contributed by atoms with van der Waals surface area (Å²) in [6.07, 6.45) is 2.26. The monoisotopic (exact) mass is 322 g/mol. The molecule has 0 unspecified atom stereocenters. The molecule has 0 amide bonds. The van der Waals surface area contributed by atoms with Gasteiger partial charge in [-0.2, -0.15) is 0 Å². The fraction of sp³-hybridized carbons (Fsp3) is 0.300. The lowest BCUT2D eigenvalue weighted by Gasteiger charge is -2.24. The lowest BCUT2D eigenvalue weighted by molar-refractivity contribution is 0.278. The van der Waals surface area contributed by atoms with Crippen LogP contribution < -0.4 is 10.1 Å². The first-order chi connectivity index (χ1) is 11.8. The molecular weight excluding hydrogens is 300 g/mol. The minimum Gasteiger partial charge on any atom is -0.457 e. The van der Waals surface area contributed by atoms with E-state index in [0.29, 0.717) is 5.92 Å². The van der Waals surface area contributed by atoms with Gasteiger partial charge in [0.15, 0.2) is 0 Å². The van der Waals surface area contributed by atoms with E-state index >= 15 is 0 Å². The van der Waals surface area contributed by atoms with E-state index in [2.05, 4.69) is 22.4 Å². The van der Waals surface area contributed by atoms with Crippen molar-refractivity contribution >= 4 is 10.9 Å². The van der Waals surface area contributed by atoms with Crippen molar-refractivity contribution in [1.82, 2.24) is 10.3 Å². The Labute approximate surface area is 141 Å². The van der Waals surface area contributed by atoms with Gasteiger partial charge in [-0.25, -0.2) is 0 Å². The van der Waals surface area contributed by atoms with Crippen LogP contribution in [0.2, 0.25) is 0 Å². The molecule has 1 saturated heterocycles. The quantitative estimate of drug-likeness (QED) is 0.682. The lowest BCUT2D eigenvalue weighted by atomic mass is 9.88. The maximum absolute atomic E-state index is 9.47. The summed E-state index contributed by atoms with van der Waals surface area (Å²) in [6.45, 7) is 2.12. The van der Waals surface area contributed by atoms with Crippen LogP contribution in [0.1, 0.15) is 30.0 Å². The van der Waals surface area contributed by atoms with Gasteiger partial charge in [0, 0.05) is 22.7 Å². The number of ether oxygens (including phenoxy) is 1. The first-order valence-electron chi connectivity index (χ1n) is 8.53. The molecular formula is C20H22N2O2. The van der Waals surface area contributed by atoms with E-state index in [0.717, 1.165) is 48.6 Å². The molecule has 0 spiro atoms. The average Bonchev–Trinajstić information content (AvgIpc) is 3.06. The van der Waals surface area contributed by atoms with Crippen LogP contribution >= 0.6 is 0 Å². The molecule has 0 saturated carbocycles. The summed E-state index contributed by atoms with van der Waals surface area (Å²) in [7, 11) is 0. The predicted molar refractivity (Wildman–Crippen MR) is 95.6 cm³/mol. The van der Waals surface area contributed by atoms with Crippen LogP contribution in [0.5, 0.6) is 11.5 Å². The molecule has 1 fully saturated rings. The topological polar surface area (TPSA) is 57.3 Å². The normalized spacial score (nSPS) is 15.7. The van der Waals surface area contributed by atoms with E-state index in [-0.39, 0.29) is 6.61 Å². The summed E-state index contributed by atoms with van der Waals surface area (Å²) in [5.74, 6) is 2.20. The fourth-order valence-corrected chi connectivity index (χ4v) is 3.54. The lowest BCUT2D eigenvalue weighted by Crippen LogP contribution is -2.26. The predicted octanol–water partition coefficient (Wildman–Crippen LogP) is 3.92. The third-order valence-corrected chi connectivity index (χ3v) is 4.73. The molecule has 24 heavy (non-hydrogen) atoms. The van der Waals surface area contributed by atoms with Gasteiger partial charge in [0.2, 0.25) is 0 Å². The highest BCUT2D eigenvalue weighted by molar-refractivity contribution is 5.86. The highest BCUT2D eigenvalue weighted by Gasteiger charge is 2.20. The molecule has 2 heterocycles. The van der Waals surface area contributed by atoms with Crippen molar-refractivity contribution in [1.29, 1.82) is 0 Å². The molecule has 2 aromatic carbocycles. The van der Waals surface area contributed by atoms with Crippen molar-refractivity contribution in [2.24, 2.45) is 0 Å². The van der Waals surface area contributed by atoms with Crippen molar-refractivity contribution in [3.8, 4) is 11.5 Å².